The second-order valence-corrected chi connectivity index (χ2v) is 10.7. The van der Waals surface area contributed by atoms with E-state index in [0.717, 1.165) is 41.3 Å². The molecule has 0 spiro atoms. The lowest BCUT2D eigenvalue weighted by molar-refractivity contribution is -0.117. The zero-order chi connectivity index (χ0) is 28.5. The van der Waals surface area contributed by atoms with Crippen LogP contribution < -0.4 is 15.0 Å². The number of carbonyl (C=O) groups is 2. The molecule has 210 valence electrons. The number of amides is 2. The van der Waals surface area contributed by atoms with Gasteiger partial charge in [-0.2, -0.15) is 0 Å². The molecule has 4 aromatic rings. The largest absolute Gasteiger partial charge is 0.465 e. The second-order valence-electron chi connectivity index (χ2n) is 10.7. The summed E-state index contributed by atoms with van der Waals surface area (Å²) in [5.74, 6) is 1.63. The molecule has 0 saturated carbocycles. The van der Waals surface area contributed by atoms with Crippen molar-refractivity contribution in [3.8, 4) is 22.9 Å². The number of aryl methyl sites for hydroxylation is 1. The zero-order valence-corrected chi connectivity index (χ0v) is 23.1. The summed E-state index contributed by atoms with van der Waals surface area (Å²) in [6.45, 7) is 4.99. The number of aromatic nitrogens is 3. The Balaban J connectivity index is 1.32. The molecule has 2 N–H and O–H groups in total. The first-order chi connectivity index (χ1) is 19.9. The summed E-state index contributed by atoms with van der Waals surface area (Å²) >= 11 is 0. The molecule has 2 aliphatic rings. The van der Waals surface area contributed by atoms with Gasteiger partial charge >= 0.3 is 6.09 Å². The highest BCUT2D eigenvalue weighted by molar-refractivity contribution is 6.07. The maximum absolute atomic E-state index is 12.7. The van der Waals surface area contributed by atoms with Crippen LogP contribution >= 0.6 is 0 Å². The Bertz CT molecular complexity index is 1630. The van der Waals surface area contributed by atoms with Crippen molar-refractivity contribution in [3.05, 3.63) is 66.5 Å². The average molecular weight is 553 g/mol. The van der Waals surface area contributed by atoms with Gasteiger partial charge in [0.2, 0.25) is 17.7 Å². The molecular weight excluding hydrogens is 520 g/mol. The van der Waals surface area contributed by atoms with Gasteiger partial charge in [-0.15, -0.1) is 0 Å². The molecule has 2 fully saturated rings. The molecule has 2 amide bonds. The number of hydrogen-bond donors (Lipinski definition) is 2. The molecule has 4 heterocycles. The van der Waals surface area contributed by atoms with E-state index in [1.807, 2.05) is 54.3 Å². The first kappa shape index (κ1) is 26.5. The minimum absolute atomic E-state index is 0.0718. The molecule has 2 saturated heterocycles. The minimum atomic E-state index is -0.916. The number of piperidine rings is 1. The highest BCUT2D eigenvalue weighted by atomic mass is 16.5. The number of benzene rings is 2. The second kappa shape index (κ2) is 11.0. The minimum Gasteiger partial charge on any atom is -0.465 e. The quantitative estimate of drug-likeness (QED) is 0.305. The van der Waals surface area contributed by atoms with Gasteiger partial charge in [-0.05, 0) is 62.9 Å². The maximum Gasteiger partial charge on any atom is 0.407 e. The molecule has 6 rings (SSSR count). The van der Waals surface area contributed by atoms with E-state index in [1.54, 1.807) is 18.5 Å². The summed E-state index contributed by atoms with van der Waals surface area (Å²) in [5, 5.41) is 14.5. The first-order valence-electron chi connectivity index (χ1n) is 13.9. The Morgan fingerprint density at radius 2 is 1.93 bits per heavy atom. The van der Waals surface area contributed by atoms with Gasteiger partial charge in [0.1, 0.15) is 5.75 Å². The Hall–Kier alpha value is -4.73. The number of ether oxygens (including phenoxy) is 1. The third-order valence-corrected chi connectivity index (χ3v) is 7.86. The monoisotopic (exact) mass is 552 g/mol. The molecule has 2 aliphatic heterocycles. The average Bonchev–Trinajstić information content (AvgIpc) is 3.32. The summed E-state index contributed by atoms with van der Waals surface area (Å²) in [7, 11) is 0. The van der Waals surface area contributed by atoms with Gasteiger partial charge in [0.05, 0.1) is 16.9 Å². The standard InChI is InChI=1S/C31H32N6O4/c1-19-10-12-22-23(7-3-9-26(22)37-20(2)11-13-27(37)38)28(19)41-29-24(8-4-15-32-29)25-14-16-33-30(35-25)34-21-6-5-17-36(18-21)31(39)40/h3-4,7-10,12,14-16,20-21H,5-6,11,13,17-18H2,1-2H3,(H,39,40)(H,33,34,35). The number of carbonyl (C=O) groups excluding carboxylic acids is 1. The predicted octanol–water partition coefficient (Wildman–Crippen LogP) is 5.86. The Kier molecular flexibility index (Phi) is 7.13. The van der Waals surface area contributed by atoms with Crippen LogP contribution in [0.25, 0.3) is 22.0 Å². The van der Waals surface area contributed by atoms with Crippen LogP contribution in [0.1, 0.15) is 38.2 Å². The number of rotatable bonds is 6. The van der Waals surface area contributed by atoms with Crippen molar-refractivity contribution in [1.82, 2.24) is 19.9 Å². The highest BCUT2D eigenvalue weighted by Gasteiger charge is 2.30. The summed E-state index contributed by atoms with van der Waals surface area (Å²) < 4.78 is 6.54. The number of pyridine rings is 1. The molecule has 10 nitrogen and oxygen atoms in total. The molecule has 0 bridgehead atoms. The van der Waals surface area contributed by atoms with E-state index >= 15 is 0 Å². The Labute approximate surface area is 238 Å². The van der Waals surface area contributed by atoms with Crippen molar-refractivity contribution < 1.29 is 19.4 Å². The van der Waals surface area contributed by atoms with Crippen molar-refractivity contribution in [3.63, 3.8) is 0 Å². The van der Waals surface area contributed by atoms with Gasteiger partial charge in [0.25, 0.3) is 0 Å². The number of carboxylic acid groups (broad SMARTS) is 1. The molecule has 0 aliphatic carbocycles. The zero-order valence-electron chi connectivity index (χ0n) is 23.1. The topological polar surface area (TPSA) is 121 Å². The Morgan fingerprint density at radius 1 is 1.05 bits per heavy atom. The number of anilines is 2. The predicted molar refractivity (Wildman–Crippen MR) is 156 cm³/mol. The van der Waals surface area contributed by atoms with Crippen LogP contribution in [0.5, 0.6) is 11.6 Å². The lowest BCUT2D eigenvalue weighted by Crippen LogP contribution is -2.44. The van der Waals surface area contributed by atoms with Crippen LogP contribution in [0.15, 0.2) is 60.9 Å². The maximum atomic E-state index is 12.7. The van der Waals surface area contributed by atoms with Gasteiger partial charge in [-0.25, -0.2) is 19.7 Å². The molecule has 41 heavy (non-hydrogen) atoms. The summed E-state index contributed by atoms with van der Waals surface area (Å²) in [4.78, 5) is 41.1. The van der Waals surface area contributed by atoms with Crippen molar-refractivity contribution in [2.24, 2.45) is 0 Å². The first-order valence-corrected chi connectivity index (χ1v) is 13.9. The van der Waals surface area contributed by atoms with Crippen LogP contribution in [-0.2, 0) is 4.79 Å². The highest BCUT2D eigenvalue weighted by Crippen LogP contribution is 2.41. The molecular formula is C31H32N6O4. The summed E-state index contributed by atoms with van der Waals surface area (Å²) in [6, 6.07) is 15.6. The number of nitrogens with one attached hydrogen (secondary N) is 1. The van der Waals surface area contributed by atoms with Crippen molar-refractivity contribution in [1.29, 1.82) is 0 Å². The Morgan fingerprint density at radius 3 is 2.73 bits per heavy atom. The molecule has 2 aromatic carbocycles. The fourth-order valence-electron chi connectivity index (χ4n) is 5.76. The fraction of sp³-hybridized carbons (Fsp3) is 0.323. The molecule has 2 unspecified atom stereocenters. The number of hydrogen-bond acceptors (Lipinski definition) is 7. The van der Waals surface area contributed by atoms with E-state index in [0.29, 0.717) is 48.3 Å². The number of nitrogens with zero attached hydrogens (tertiary/aromatic N) is 5. The van der Waals surface area contributed by atoms with Gasteiger partial charge in [0.15, 0.2) is 0 Å². The number of fused-ring (bicyclic) bond motifs is 1. The van der Waals surface area contributed by atoms with E-state index < -0.39 is 6.09 Å². The molecule has 2 aromatic heterocycles. The lowest BCUT2D eigenvalue weighted by atomic mass is 10.0. The van der Waals surface area contributed by atoms with Crippen LogP contribution in [0.3, 0.4) is 0 Å². The van der Waals surface area contributed by atoms with E-state index in [2.05, 4.69) is 22.2 Å². The fourth-order valence-corrected chi connectivity index (χ4v) is 5.76. The third-order valence-electron chi connectivity index (χ3n) is 7.86. The SMILES string of the molecule is Cc1ccc2c(N3C(=O)CCC3C)cccc2c1Oc1ncccc1-c1ccnc(NC2CCCN(C(=O)O)C2)n1. The summed E-state index contributed by atoms with van der Waals surface area (Å²) in [5.41, 5.74) is 3.16. The van der Waals surface area contributed by atoms with E-state index in [4.69, 9.17) is 9.72 Å². The van der Waals surface area contributed by atoms with Crippen LogP contribution in [0.4, 0.5) is 16.4 Å². The van der Waals surface area contributed by atoms with Crippen LogP contribution in [0.2, 0.25) is 0 Å². The third kappa shape index (κ3) is 5.25. The van der Waals surface area contributed by atoms with Gasteiger partial charge in [-0.1, -0.05) is 24.3 Å². The van der Waals surface area contributed by atoms with Crippen molar-refractivity contribution in [2.75, 3.05) is 23.3 Å². The number of likely N-dealkylation sites (tertiary alicyclic amines) is 1. The van der Waals surface area contributed by atoms with Gasteiger partial charge in [0, 0.05) is 54.8 Å². The van der Waals surface area contributed by atoms with Gasteiger partial charge < -0.3 is 25.0 Å². The molecule has 2 atom stereocenters. The van der Waals surface area contributed by atoms with Crippen LogP contribution in [-0.4, -0.2) is 62.1 Å². The summed E-state index contributed by atoms with van der Waals surface area (Å²) in [6.07, 6.45) is 5.44. The van der Waals surface area contributed by atoms with Crippen molar-refractivity contribution in [2.45, 2.75) is 51.6 Å². The van der Waals surface area contributed by atoms with Crippen molar-refractivity contribution >= 4 is 34.4 Å². The van der Waals surface area contributed by atoms with Crippen LogP contribution in [0, 0.1) is 6.92 Å². The molecule has 10 heteroatoms. The van der Waals surface area contributed by atoms with E-state index in [-0.39, 0.29) is 18.0 Å². The lowest BCUT2D eigenvalue weighted by Gasteiger charge is -2.31. The normalized spacial score (nSPS) is 19.0. The van der Waals surface area contributed by atoms with Gasteiger partial charge in [-0.3, -0.25) is 4.79 Å². The van der Waals surface area contributed by atoms with E-state index in [1.165, 1.54) is 4.90 Å². The smallest absolute Gasteiger partial charge is 0.407 e. The van der Waals surface area contributed by atoms with E-state index in [9.17, 15) is 14.7 Å². The molecule has 0 radical (unpaired) electrons.